The summed E-state index contributed by atoms with van der Waals surface area (Å²) in [5.41, 5.74) is 0.154. The predicted octanol–water partition coefficient (Wildman–Crippen LogP) is 3.11. The van der Waals surface area contributed by atoms with Crippen LogP contribution in [0.1, 0.15) is 17.7 Å². The van der Waals surface area contributed by atoms with Crippen LogP contribution in [0, 0.1) is 5.82 Å². The largest absolute Gasteiger partial charge is 0.416 e. The lowest BCUT2D eigenvalue weighted by atomic mass is 10.1. The Morgan fingerprint density at radius 2 is 1.83 bits per heavy atom. The van der Waals surface area contributed by atoms with Crippen molar-refractivity contribution >= 4 is 15.9 Å². The number of alkyl halides is 4. The summed E-state index contributed by atoms with van der Waals surface area (Å²) in [5, 5.41) is 2.49. The minimum Gasteiger partial charge on any atom is -0.349 e. The number of hydrogen-bond donors (Lipinski definition) is 1. The average Bonchev–Trinajstić information content (AvgIpc) is 3.25. The lowest BCUT2D eigenvalue weighted by Gasteiger charge is -2.22. The number of sulfonamides is 1. The van der Waals surface area contributed by atoms with Gasteiger partial charge in [-0.1, -0.05) is 12.1 Å². The first-order valence-electron chi connectivity index (χ1n) is 10.5. The van der Waals surface area contributed by atoms with Gasteiger partial charge in [-0.3, -0.25) is 9.78 Å². The molecule has 1 aliphatic heterocycles. The van der Waals surface area contributed by atoms with Gasteiger partial charge in [0.1, 0.15) is 29.3 Å². The quantitative estimate of drug-likeness (QED) is 0.494. The first kappa shape index (κ1) is 25.6. The minimum absolute atomic E-state index is 0.183. The molecule has 2 atom stereocenters. The third kappa shape index (κ3) is 5.49. The van der Waals surface area contributed by atoms with Gasteiger partial charge in [0.05, 0.1) is 29.7 Å². The third-order valence-corrected chi connectivity index (χ3v) is 7.31. The summed E-state index contributed by atoms with van der Waals surface area (Å²) >= 11 is 0. The molecule has 190 valence electrons. The second-order valence-corrected chi connectivity index (χ2v) is 9.84. The van der Waals surface area contributed by atoms with Crippen LogP contribution in [0.4, 0.5) is 22.0 Å². The highest BCUT2D eigenvalue weighted by molar-refractivity contribution is 7.89. The lowest BCUT2D eigenvalue weighted by molar-refractivity contribution is -0.137. The van der Waals surface area contributed by atoms with Gasteiger partial charge in [-0.05, 0) is 24.3 Å². The smallest absolute Gasteiger partial charge is 0.349 e. The summed E-state index contributed by atoms with van der Waals surface area (Å²) in [4.78, 5) is 23.8. The zero-order chi connectivity index (χ0) is 26.1. The van der Waals surface area contributed by atoms with Crippen LogP contribution < -0.4 is 5.32 Å². The summed E-state index contributed by atoms with van der Waals surface area (Å²) < 4.78 is 92.4. The molecule has 0 bridgehead atoms. The van der Waals surface area contributed by atoms with Crippen molar-refractivity contribution in [2.24, 2.45) is 0 Å². The van der Waals surface area contributed by atoms with Crippen molar-refractivity contribution in [2.45, 2.75) is 36.3 Å². The zero-order valence-electron chi connectivity index (χ0n) is 18.3. The molecule has 3 aromatic rings. The van der Waals surface area contributed by atoms with Crippen LogP contribution in [0.15, 0.2) is 60.0 Å². The van der Waals surface area contributed by atoms with E-state index in [0.717, 1.165) is 36.9 Å². The summed E-state index contributed by atoms with van der Waals surface area (Å²) in [7, 11) is -4.40. The fourth-order valence-electron chi connectivity index (χ4n) is 3.71. The van der Waals surface area contributed by atoms with Crippen LogP contribution in [-0.2, 0) is 27.5 Å². The maximum absolute atomic E-state index is 14.1. The summed E-state index contributed by atoms with van der Waals surface area (Å²) in [6.45, 7) is -0.764. The normalized spacial score (nSPS) is 18.8. The van der Waals surface area contributed by atoms with Gasteiger partial charge in [0, 0.05) is 24.7 Å². The monoisotopic (exact) mass is 527 g/mol. The van der Waals surface area contributed by atoms with E-state index in [9.17, 15) is 35.2 Å². The van der Waals surface area contributed by atoms with Crippen LogP contribution >= 0.6 is 0 Å². The third-order valence-electron chi connectivity index (χ3n) is 5.47. The maximum Gasteiger partial charge on any atom is 0.416 e. The summed E-state index contributed by atoms with van der Waals surface area (Å²) in [5.74, 6) is -1.70. The Bertz CT molecular complexity index is 1370. The molecule has 0 spiro atoms. The van der Waals surface area contributed by atoms with Gasteiger partial charge < -0.3 is 5.32 Å². The minimum atomic E-state index is -4.48. The second-order valence-electron chi connectivity index (χ2n) is 7.95. The number of aromatic nitrogens is 3. The molecule has 1 N–H and O–H groups in total. The molecule has 4 rings (SSSR count). The summed E-state index contributed by atoms with van der Waals surface area (Å²) in [6.07, 6.45) is -3.61. The molecule has 3 heterocycles. The molecule has 1 saturated heterocycles. The lowest BCUT2D eigenvalue weighted by Crippen LogP contribution is -2.45. The standard InChI is InChI=1S/C22H18F5N5O3S/c23-15-5-18(10-28-8-15)36(34,35)32-11-16(24)6-20(32)21(33)29-9-17-7-19(31-12-30-17)13-1-3-14(4-2-13)22(25,26)27/h1-5,7-8,10,12,16,20H,6,9,11H2,(H,29,33). The van der Waals surface area contributed by atoms with E-state index in [-0.39, 0.29) is 12.2 Å². The van der Waals surface area contributed by atoms with Crippen LogP contribution in [0.3, 0.4) is 0 Å². The molecule has 1 aliphatic rings. The van der Waals surface area contributed by atoms with E-state index in [0.29, 0.717) is 15.6 Å². The van der Waals surface area contributed by atoms with Crippen LogP contribution in [0.2, 0.25) is 0 Å². The number of carbonyl (C=O) groups excluding carboxylic acids is 1. The Balaban J connectivity index is 1.47. The van der Waals surface area contributed by atoms with Gasteiger partial charge in [0.25, 0.3) is 0 Å². The average molecular weight is 527 g/mol. The number of halogens is 5. The Labute approximate surface area is 202 Å². The van der Waals surface area contributed by atoms with Gasteiger partial charge in [-0.25, -0.2) is 27.2 Å². The van der Waals surface area contributed by atoms with Gasteiger partial charge >= 0.3 is 6.18 Å². The Morgan fingerprint density at radius 1 is 1.11 bits per heavy atom. The van der Waals surface area contributed by atoms with Gasteiger partial charge in [-0.2, -0.15) is 17.5 Å². The number of rotatable bonds is 6. The molecule has 1 aromatic carbocycles. The Morgan fingerprint density at radius 3 is 2.50 bits per heavy atom. The predicted molar refractivity (Wildman–Crippen MR) is 116 cm³/mol. The molecule has 14 heteroatoms. The molecule has 36 heavy (non-hydrogen) atoms. The molecular weight excluding hydrogens is 509 g/mol. The first-order valence-corrected chi connectivity index (χ1v) is 11.9. The van der Waals surface area contributed by atoms with E-state index < -0.39 is 63.6 Å². The number of hydrogen-bond acceptors (Lipinski definition) is 6. The first-order chi connectivity index (χ1) is 16.9. The van der Waals surface area contributed by atoms with Crippen molar-refractivity contribution in [2.75, 3.05) is 6.54 Å². The SMILES string of the molecule is O=C(NCc1cc(-c2ccc(C(F)(F)F)cc2)ncn1)C1CC(F)CN1S(=O)(=O)c1cncc(F)c1. The van der Waals surface area contributed by atoms with E-state index >= 15 is 0 Å². The number of benzene rings is 1. The number of nitrogens with zero attached hydrogens (tertiary/aromatic N) is 4. The van der Waals surface area contributed by atoms with E-state index in [1.54, 1.807) is 0 Å². The number of amides is 1. The van der Waals surface area contributed by atoms with Crippen LogP contribution in [0.5, 0.6) is 0 Å². The van der Waals surface area contributed by atoms with Crippen molar-refractivity contribution in [3.8, 4) is 11.3 Å². The molecule has 0 aliphatic carbocycles. The number of nitrogens with one attached hydrogen (secondary N) is 1. The van der Waals surface area contributed by atoms with E-state index in [1.165, 1.54) is 18.2 Å². The van der Waals surface area contributed by atoms with Crippen molar-refractivity contribution in [3.63, 3.8) is 0 Å². The van der Waals surface area contributed by atoms with Gasteiger partial charge in [0.15, 0.2) is 0 Å². The summed E-state index contributed by atoms with van der Waals surface area (Å²) in [6, 6.07) is 5.11. The molecule has 0 saturated carbocycles. The molecular formula is C22H18F5N5O3S. The zero-order valence-corrected chi connectivity index (χ0v) is 19.1. The van der Waals surface area contributed by atoms with E-state index in [4.69, 9.17) is 0 Å². The Hall–Kier alpha value is -3.52. The highest BCUT2D eigenvalue weighted by Gasteiger charge is 2.44. The van der Waals surface area contributed by atoms with Crippen molar-refractivity contribution in [3.05, 3.63) is 72.2 Å². The molecule has 0 radical (unpaired) electrons. The maximum atomic E-state index is 14.1. The molecule has 1 amide bonds. The van der Waals surface area contributed by atoms with Gasteiger partial charge in [-0.15, -0.1) is 0 Å². The number of pyridine rings is 1. The highest BCUT2D eigenvalue weighted by atomic mass is 32.2. The highest BCUT2D eigenvalue weighted by Crippen LogP contribution is 2.31. The fraction of sp³-hybridized carbons (Fsp3) is 0.273. The van der Waals surface area contributed by atoms with E-state index in [2.05, 4.69) is 20.3 Å². The number of carbonyl (C=O) groups is 1. The molecule has 8 nitrogen and oxygen atoms in total. The molecule has 2 unspecified atom stereocenters. The van der Waals surface area contributed by atoms with E-state index in [1.807, 2.05) is 0 Å². The van der Waals surface area contributed by atoms with Crippen molar-refractivity contribution in [1.29, 1.82) is 0 Å². The fourth-order valence-corrected chi connectivity index (χ4v) is 5.31. The van der Waals surface area contributed by atoms with Crippen molar-refractivity contribution in [1.82, 2.24) is 24.6 Å². The molecule has 1 fully saturated rings. The second kappa shape index (κ2) is 9.85. The van der Waals surface area contributed by atoms with Crippen LogP contribution in [-0.4, -0.2) is 52.3 Å². The topological polar surface area (TPSA) is 105 Å². The molecule has 2 aromatic heterocycles. The van der Waals surface area contributed by atoms with Crippen molar-refractivity contribution < 1.29 is 35.2 Å². The Kier molecular flexibility index (Phi) is 7.00. The van der Waals surface area contributed by atoms with Crippen LogP contribution in [0.25, 0.3) is 11.3 Å². The van der Waals surface area contributed by atoms with Gasteiger partial charge in [0.2, 0.25) is 15.9 Å².